The number of aliphatic hydroxyl groups is 1. The summed E-state index contributed by atoms with van der Waals surface area (Å²) in [6.45, 7) is 1.19. The Morgan fingerprint density at radius 3 is 2.06 bits per heavy atom. The zero-order valence-corrected chi connectivity index (χ0v) is 9.55. The minimum Gasteiger partial charge on any atom is -0.393 e. The largest absolute Gasteiger partial charge is 0.511 e. The number of aliphatic hydroxyl groups excluding tert-OH is 1. The van der Waals surface area contributed by atoms with Crippen molar-refractivity contribution in [1.82, 2.24) is 4.31 Å². The van der Waals surface area contributed by atoms with Gasteiger partial charge in [0.2, 0.25) is 0 Å². The standard InChI is InChI=1S/C8H14F3NO3S/c1-6(13)7-2-4-12(5-3-7)16(14,15)8(9,10)11/h6-7,13H,2-5H2,1H3. The van der Waals surface area contributed by atoms with Crippen LogP contribution < -0.4 is 0 Å². The molecule has 1 atom stereocenters. The Balaban J connectivity index is 2.68. The molecule has 1 fully saturated rings. The normalized spacial score (nSPS) is 23.3. The first-order valence-corrected chi connectivity index (χ1v) is 6.34. The van der Waals surface area contributed by atoms with Crippen LogP contribution in [0.4, 0.5) is 13.2 Å². The van der Waals surface area contributed by atoms with Crippen molar-refractivity contribution in [1.29, 1.82) is 0 Å². The van der Waals surface area contributed by atoms with Crippen molar-refractivity contribution in [3.63, 3.8) is 0 Å². The minimum absolute atomic E-state index is 0.125. The fourth-order valence-electron chi connectivity index (χ4n) is 1.74. The van der Waals surface area contributed by atoms with Gasteiger partial charge in [0.25, 0.3) is 0 Å². The van der Waals surface area contributed by atoms with Gasteiger partial charge in [-0.3, -0.25) is 0 Å². The molecule has 1 aliphatic rings. The highest BCUT2D eigenvalue weighted by molar-refractivity contribution is 7.90. The zero-order valence-electron chi connectivity index (χ0n) is 8.74. The summed E-state index contributed by atoms with van der Waals surface area (Å²) >= 11 is 0. The first kappa shape index (κ1) is 13.7. The number of hydrogen-bond donors (Lipinski definition) is 1. The van der Waals surface area contributed by atoms with E-state index in [0.29, 0.717) is 4.31 Å². The first-order chi connectivity index (χ1) is 7.16. The van der Waals surface area contributed by atoms with Crippen molar-refractivity contribution in [2.45, 2.75) is 31.4 Å². The molecule has 0 aromatic heterocycles. The van der Waals surface area contributed by atoms with E-state index in [4.69, 9.17) is 0 Å². The molecule has 1 aliphatic heterocycles. The molecular weight excluding hydrogens is 247 g/mol. The second kappa shape index (κ2) is 4.50. The fraction of sp³-hybridized carbons (Fsp3) is 1.00. The lowest BCUT2D eigenvalue weighted by molar-refractivity contribution is -0.0501. The van der Waals surface area contributed by atoms with Gasteiger partial charge in [0, 0.05) is 13.1 Å². The molecular formula is C8H14F3NO3S. The van der Waals surface area contributed by atoms with Gasteiger partial charge >= 0.3 is 15.5 Å². The summed E-state index contributed by atoms with van der Waals surface area (Å²) in [5.74, 6) is -0.125. The summed E-state index contributed by atoms with van der Waals surface area (Å²) < 4.78 is 59.1. The highest BCUT2D eigenvalue weighted by Gasteiger charge is 2.50. The van der Waals surface area contributed by atoms with E-state index in [-0.39, 0.29) is 31.8 Å². The Labute approximate surface area is 92.1 Å². The van der Waals surface area contributed by atoms with Crippen LogP contribution in [0.5, 0.6) is 0 Å². The van der Waals surface area contributed by atoms with Gasteiger partial charge in [-0.25, -0.2) is 8.42 Å². The maximum atomic E-state index is 12.2. The molecule has 8 heteroatoms. The van der Waals surface area contributed by atoms with Crippen molar-refractivity contribution >= 4 is 10.0 Å². The van der Waals surface area contributed by atoms with Crippen molar-refractivity contribution in [2.24, 2.45) is 5.92 Å². The number of halogens is 3. The Hall–Kier alpha value is -0.340. The van der Waals surface area contributed by atoms with Crippen molar-refractivity contribution in [3.8, 4) is 0 Å². The molecule has 1 saturated heterocycles. The lowest BCUT2D eigenvalue weighted by Crippen LogP contribution is -2.46. The number of rotatable bonds is 2. The molecule has 0 aromatic carbocycles. The number of alkyl halides is 3. The van der Waals surface area contributed by atoms with Crippen LogP contribution in [0.25, 0.3) is 0 Å². The minimum atomic E-state index is -5.23. The SMILES string of the molecule is CC(O)C1CCN(S(=O)(=O)C(F)(F)F)CC1. The lowest BCUT2D eigenvalue weighted by atomic mass is 9.93. The molecule has 1 heterocycles. The van der Waals surface area contributed by atoms with E-state index in [2.05, 4.69) is 0 Å². The van der Waals surface area contributed by atoms with Gasteiger partial charge < -0.3 is 5.11 Å². The molecule has 1 rings (SSSR count). The molecule has 0 spiro atoms. The molecule has 16 heavy (non-hydrogen) atoms. The van der Waals surface area contributed by atoms with Crippen LogP contribution >= 0.6 is 0 Å². The van der Waals surface area contributed by atoms with Gasteiger partial charge in [-0.05, 0) is 25.7 Å². The van der Waals surface area contributed by atoms with Crippen LogP contribution in [0.3, 0.4) is 0 Å². The van der Waals surface area contributed by atoms with Gasteiger partial charge in [-0.2, -0.15) is 17.5 Å². The van der Waals surface area contributed by atoms with E-state index in [0.717, 1.165) is 0 Å². The van der Waals surface area contributed by atoms with Gasteiger partial charge in [0.05, 0.1) is 6.10 Å². The number of sulfonamides is 1. The number of hydrogen-bond acceptors (Lipinski definition) is 3. The average molecular weight is 261 g/mol. The van der Waals surface area contributed by atoms with Crippen LogP contribution in [0.15, 0.2) is 0 Å². The third-order valence-electron chi connectivity index (χ3n) is 2.81. The van der Waals surface area contributed by atoms with Crippen LogP contribution in [-0.2, 0) is 10.0 Å². The molecule has 0 radical (unpaired) electrons. The molecule has 0 saturated carbocycles. The highest BCUT2D eigenvalue weighted by Crippen LogP contribution is 2.30. The molecule has 1 unspecified atom stereocenters. The second-order valence-electron chi connectivity index (χ2n) is 3.93. The molecule has 96 valence electrons. The van der Waals surface area contributed by atoms with Crippen molar-refractivity contribution < 1.29 is 26.7 Å². The first-order valence-electron chi connectivity index (χ1n) is 4.90. The van der Waals surface area contributed by atoms with E-state index in [1.807, 2.05) is 0 Å². The quantitative estimate of drug-likeness (QED) is 0.804. The third-order valence-corrected chi connectivity index (χ3v) is 4.44. The molecule has 0 aromatic rings. The molecule has 1 N–H and O–H groups in total. The Kier molecular flexibility index (Phi) is 3.86. The molecule has 0 bridgehead atoms. The lowest BCUT2D eigenvalue weighted by Gasteiger charge is -2.32. The summed E-state index contributed by atoms with van der Waals surface area (Å²) in [6.07, 6.45) is -0.101. The van der Waals surface area contributed by atoms with E-state index in [1.54, 1.807) is 6.92 Å². The Bertz CT molecular complexity index is 331. The maximum absolute atomic E-state index is 12.2. The summed E-state index contributed by atoms with van der Waals surface area (Å²) in [5, 5.41) is 9.24. The van der Waals surface area contributed by atoms with Crippen molar-refractivity contribution in [2.75, 3.05) is 13.1 Å². The van der Waals surface area contributed by atoms with Crippen LogP contribution in [0.1, 0.15) is 19.8 Å². The van der Waals surface area contributed by atoms with Gasteiger partial charge in [0.15, 0.2) is 0 Å². The van der Waals surface area contributed by atoms with E-state index in [1.165, 1.54) is 0 Å². The average Bonchev–Trinajstić information content (AvgIpc) is 2.16. The van der Waals surface area contributed by atoms with E-state index < -0.39 is 21.6 Å². The Morgan fingerprint density at radius 2 is 1.75 bits per heavy atom. The topological polar surface area (TPSA) is 57.6 Å². The second-order valence-corrected chi connectivity index (χ2v) is 5.86. The number of nitrogens with zero attached hydrogens (tertiary/aromatic N) is 1. The predicted molar refractivity (Wildman–Crippen MR) is 51.0 cm³/mol. The summed E-state index contributed by atoms with van der Waals surface area (Å²) in [6, 6.07) is 0. The maximum Gasteiger partial charge on any atom is 0.511 e. The fourth-order valence-corrected chi connectivity index (χ4v) is 2.73. The van der Waals surface area contributed by atoms with Crippen molar-refractivity contribution in [3.05, 3.63) is 0 Å². The Morgan fingerprint density at radius 1 is 1.31 bits per heavy atom. The van der Waals surface area contributed by atoms with Crippen LogP contribution in [-0.4, -0.2) is 42.5 Å². The van der Waals surface area contributed by atoms with Gasteiger partial charge in [0.1, 0.15) is 0 Å². The smallest absolute Gasteiger partial charge is 0.393 e. The predicted octanol–water partition coefficient (Wildman–Crippen LogP) is 0.929. The molecule has 4 nitrogen and oxygen atoms in total. The van der Waals surface area contributed by atoms with E-state index in [9.17, 15) is 26.7 Å². The number of piperidine rings is 1. The van der Waals surface area contributed by atoms with Crippen LogP contribution in [0, 0.1) is 5.92 Å². The monoisotopic (exact) mass is 261 g/mol. The highest BCUT2D eigenvalue weighted by atomic mass is 32.2. The summed E-state index contributed by atoms with van der Waals surface area (Å²) in [4.78, 5) is 0. The molecule has 0 amide bonds. The summed E-state index contributed by atoms with van der Waals surface area (Å²) in [5.41, 5.74) is -5.23. The molecule has 0 aliphatic carbocycles. The van der Waals surface area contributed by atoms with Gasteiger partial charge in [-0.15, -0.1) is 0 Å². The van der Waals surface area contributed by atoms with Gasteiger partial charge in [-0.1, -0.05) is 0 Å². The summed E-state index contributed by atoms with van der Waals surface area (Å²) in [7, 11) is -5.20. The van der Waals surface area contributed by atoms with Crippen LogP contribution in [0.2, 0.25) is 0 Å². The third kappa shape index (κ3) is 2.67. The van der Waals surface area contributed by atoms with E-state index >= 15 is 0 Å². The zero-order chi connectivity index (χ0) is 12.6.